The van der Waals surface area contributed by atoms with Crippen molar-refractivity contribution in [3.05, 3.63) is 0 Å². The van der Waals surface area contributed by atoms with Crippen molar-refractivity contribution in [2.75, 3.05) is 19.8 Å². The van der Waals surface area contributed by atoms with Crippen molar-refractivity contribution in [2.24, 2.45) is 11.8 Å². The molecule has 0 unspecified atom stereocenters. The van der Waals surface area contributed by atoms with E-state index in [4.69, 9.17) is 0 Å². The van der Waals surface area contributed by atoms with Gasteiger partial charge in [0.25, 0.3) is 0 Å². The molecule has 0 aliphatic carbocycles. The molecule has 0 bridgehead atoms. The van der Waals surface area contributed by atoms with E-state index < -0.39 is 24.7 Å². The first-order valence-corrected chi connectivity index (χ1v) is 3.39. The highest BCUT2D eigenvalue weighted by Crippen LogP contribution is 2.34. The van der Waals surface area contributed by atoms with E-state index in [1.54, 1.807) is 0 Å². The summed E-state index contributed by atoms with van der Waals surface area (Å²) in [4.78, 5) is 0. The third kappa shape index (κ3) is 1.83. The summed E-state index contributed by atoms with van der Waals surface area (Å²) in [6, 6.07) is 0. The van der Waals surface area contributed by atoms with Gasteiger partial charge in [-0.3, -0.25) is 4.39 Å². The summed E-state index contributed by atoms with van der Waals surface area (Å²) in [5.74, 6) is -2.37. The van der Waals surface area contributed by atoms with Crippen molar-refractivity contribution < 1.29 is 17.6 Å². The highest BCUT2D eigenvalue weighted by molar-refractivity contribution is 4.85. The van der Waals surface area contributed by atoms with E-state index >= 15 is 0 Å². The number of hydrogen-bond acceptors (Lipinski definition) is 1. The van der Waals surface area contributed by atoms with Gasteiger partial charge in [0.15, 0.2) is 0 Å². The summed E-state index contributed by atoms with van der Waals surface area (Å²) in [6.45, 7) is -0.893. The molecule has 5 heteroatoms. The predicted octanol–water partition coefficient (Wildman–Crippen LogP) is 1.35. The topological polar surface area (TPSA) is 12.0 Å². The smallest absolute Gasteiger partial charge is 0.316 e. The van der Waals surface area contributed by atoms with Crippen molar-refractivity contribution in [1.82, 2.24) is 5.32 Å². The lowest BCUT2D eigenvalue weighted by molar-refractivity contribution is -0.180. The molecule has 0 aromatic heterocycles. The minimum absolute atomic E-state index is 0.140. The molecule has 1 N–H and O–H groups in total. The van der Waals surface area contributed by atoms with Crippen LogP contribution in [0.25, 0.3) is 0 Å². The van der Waals surface area contributed by atoms with Crippen molar-refractivity contribution in [2.45, 2.75) is 6.18 Å². The van der Waals surface area contributed by atoms with Gasteiger partial charge in [0.05, 0.1) is 12.6 Å². The van der Waals surface area contributed by atoms with Gasteiger partial charge in [-0.15, -0.1) is 0 Å². The van der Waals surface area contributed by atoms with Gasteiger partial charge in [0.1, 0.15) is 0 Å². The number of alkyl halides is 4. The quantitative estimate of drug-likeness (QED) is 0.587. The van der Waals surface area contributed by atoms with Gasteiger partial charge in [-0.25, -0.2) is 0 Å². The SMILES string of the molecule is FC[C@@H]1CNC[C@@H]1C(F)(F)F. The lowest BCUT2D eigenvalue weighted by Gasteiger charge is -2.18. The molecule has 1 heterocycles. The predicted molar refractivity (Wildman–Crippen MR) is 31.9 cm³/mol. The van der Waals surface area contributed by atoms with Gasteiger partial charge in [0, 0.05) is 19.0 Å². The summed E-state index contributed by atoms with van der Waals surface area (Å²) >= 11 is 0. The first-order valence-electron chi connectivity index (χ1n) is 3.39. The zero-order valence-corrected chi connectivity index (χ0v) is 5.79. The average Bonchev–Trinajstić information content (AvgIpc) is 2.31. The summed E-state index contributed by atoms with van der Waals surface area (Å²) in [6.07, 6.45) is -4.25. The Labute approximate surface area is 61.8 Å². The van der Waals surface area contributed by atoms with Crippen LogP contribution in [0.15, 0.2) is 0 Å². The maximum Gasteiger partial charge on any atom is 0.393 e. The van der Waals surface area contributed by atoms with E-state index in [1.165, 1.54) is 0 Å². The molecule has 66 valence electrons. The average molecular weight is 171 g/mol. The van der Waals surface area contributed by atoms with Gasteiger partial charge in [-0.05, 0) is 0 Å². The number of rotatable bonds is 1. The number of hydrogen-bond donors (Lipinski definition) is 1. The van der Waals surface area contributed by atoms with Crippen LogP contribution >= 0.6 is 0 Å². The molecular formula is C6H9F4N. The summed E-state index contributed by atoms with van der Waals surface area (Å²) < 4.78 is 47.9. The molecule has 0 spiro atoms. The van der Waals surface area contributed by atoms with Crippen LogP contribution in [0.5, 0.6) is 0 Å². The van der Waals surface area contributed by atoms with E-state index in [0.29, 0.717) is 0 Å². The third-order valence-corrected chi connectivity index (χ3v) is 1.96. The van der Waals surface area contributed by atoms with Crippen LogP contribution in [0.4, 0.5) is 17.6 Å². The van der Waals surface area contributed by atoms with Crippen molar-refractivity contribution >= 4 is 0 Å². The Morgan fingerprint density at radius 2 is 1.91 bits per heavy atom. The van der Waals surface area contributed by atoms with Gasteiger partial charge in [-0.2, -0.15) is 13.2 Å². The first-order chi connectivity index (χ1) is 5.05. The molecule has 1 aliphatic heterocycles. The fourth-order valence-corrected chi connectivity index (χ4v) is 1.28. The van der Waals surface area contributed by atoms with Crippen molar-refractivity contribution in [3.63, 3.8) is 0 Å². The highest BCUT2D eigenvalue weighted by atomic mass is 19.4. The molecule has 1 aliphatic rings. The molecule has 1 rings (SSSR count). The van der Waals surface area contributed by atoms with Crippen LogP contribution in [0, 0.1) is 11.8 Å². The minimum Gasteiger partial charge on any atom is -0.316 e. The lowest BCUT2D eigenvalue weighted by atomic mass is 9.97. The van der Waals surface area contributed by atoms with E-state index in [9.17, 15) is 17.6 Å². The van der Waals surface area contributed by atoms with Crippen LogP contribution in [0.2, 0.25) is 0 Å². The van der Waals surface area contributed by atoms with E-state index in [2.05, 4.69) is 5.32 Å². The second kappa shape index (κ2) is 2.97. The molecule has 0 saturated carbocycles. The Balaban J connectivity index is 2.57. The third-order valence-electron chi connectivity index (χ3n) is 1.96. The van der Waals surface area contributed by atoms with Crippen LogP contribution in [-0.4, -0.2) is 25.9 Å². The molecule has 1 nitrogen and oxygen atoms in total. The maximum absolute atomic E-state index is 12.0. The van der Waals surface area contributed by atoms with Gasteiger partial charge in [-0.1, -0.05) is 0 Å². The zero-order valence-electron chi connectivity index (χ0n) is 5.79. The molecule has 11 heavy (non-hydrogen) atoms. The van der Waals surface area contributed by atoms with E-state index in [-0.39, 0.29) is 13.1 Å². The molecule has 2 atom stereocenters. The lowest BCUT2D eigenvalue weighted by Crippen LogP contribution is -2.30. The summed E-state index contributed by atoms with van der Waals surface area (Å²) in [7, 11) is 0. The molecule has 0 amide bonds. The summed E-state index contributed by atoms with van der Waals surface area (Å²) in [5, 5.41) is 2.52. The fraction of sp³-hybridized carbons (Fsp3) is 1.00. The van der Waals surface area contributed by atoms with E-state index in [0.717, 1.165) is 0 Å². The summed E-state index contributed by atoms with van der Waals surface area (Å²) in [5.41, 5.74) is 0. The van der Waals surface area contributed by atoms with Crippen molar-refractivity contribution in [1.29, 1.82) is 0 Å². The standard InChI is InChI=1S/C6H9F4N/c7-1-4-2-11-3-5(4)6(8,9)10/h4-5,11H,1-3H2/t4-,5+/m1/s1. The molecule has 0 aromatic rings. The van der Waals surface area contributed by atoms with Crippen LogP contribution in [0.3, 0.4) is 0 Å². The zero-order chi connectivity index (χ0) is 8.48. The Bertz CT molecular complexity index is 133. The van der Waals surface area contributed by atoms with Gasteiger partial charge < -0.3 is 5.32 Å². The monoisotopic (exact) mass is 171 g/mol. The van der Waals surface area contributed by atoms with Crippen LogP contribution in [-0.2, 0) is 0 Å². The Hall–Kier alpha value is -0.320. The number of nitrogens with one attached hydrogen (secondary N) is 1. The van der Waals surface area contributed by atoms with E-state index in [1.807, 2.05) is 0 Å². The molecular weight excluding hydrogens is 162 g/mol. The Kier molecular flexibility index (Phi) is 2.37. The molecule has 1 fully saturated rings. The van der Waals surface area contributed by atoms with Crippen LogP contribution < -0.4 is 5.32 Å². The Morgan fingerprint density at radius 3 is 2.27 bits per heavy atom. The van der Waals surface area contributed by atoms with Crippen LogP contribution in [0.1, 0.15) is 0 Å². The largest absolute Gasteiger partial charge is 0.393 e. The first kappa shape index (κ1) is 8.77. The fourth-order valence-electron chi connectivity index (χ4n) is 1.28. The van der Waals surface area contributed by atoms with Gasteiger partial charge in [0.2, 0.25) is 0 Å². The van der Waals surface area contributed by atoms with Gasteiger partial charge >= 0.3 is 6.18 Å². The minimum atomic E-state index is -4.25. The normalized spacial score (nSPS) is 32.7. The molecule has 0 aromatic carbocycles. The Morgan fingerprint density at radius 1 is 1.27 bits per heavy atom. The maximum atomic E-state index is 12.0. The molecule has 1 saturated heterocycles. The van der Waals surface area contributed by atoms with Crippen molar-refractivity contribution in [3.8, 4) is 0 Å². The number of halogens is 4. The second-order valence-electron chi connectivity index (χ2n) is 2.72. The molecule has 0 radical (unpaired) electrons. The highest BCUT2D eigenvalue weighted by Gasteiger charge is 2.46. The second-order valence-corrected chi connectivity index (χ2v) is 2.72.